The molecule has 1 aromatic heterocycles. The lowest BCUT2D eigenvalue weighted by Crippen LogP contribution is -2.30. The molecule has 0 saturated carbocycles. The second kappa shape index (κ2) is 9.32. The smallest absolute Gasteiger partial charge is 0.412 e. The third-order valence-electron chi connectivity index (χ3n) is 4.79. The number of rotatable bonds is 6. The van der Waals surface area contributed by atoms with E-state index in [9.17, 15) is 14.7 Å². The summed E-state index contributed by atoms with van der Waals surface area (Å²) in [5.74, 6) is -0.321. The fourth-order valence-electron chi connectivity index (χ4n) is 3.07. The summed E-state index contributed by atoms with van der Waals surface area (Å²) in [4.78, 5) is 25.0. The Kier molecular flexibility index (Phi) is 6.71. The molecule has 9 nitrogen and oxygen atoms in total. The minimum Gasteiger partial charge on any atom is -0.505 e. The fraction of sp³-hybridized carbons (Fsp3) is 0.333. The van der Waals surface area contributed by atoms with Crippen molar-refractivity contribution in [1.82, 2.24) is 20.3 Å². The van der Waals surface area contributed by atoms with Gasteiger partial charge >= 0.3 is 12.1 Å². The number of hydrogen-bond donors (Lipinski definition) is 2. The highest BCUT2D eigenvalue weighted by molar-refractivity contribution is 5.86. The van der Waals surface area contributed by atoms with Crippen molar-refractivity contribution in [3.63, 3.8) is 0 Å². The summed E-state index contributed by atoms with van der Waals surface area (Å²) in [6.45, 7) is 12.8. The highest BCUT2D eigenvalue weighted by Crippen LogP contribution is 2.38. The van der Waals surface area contributed by atoms with Crippen LogP contribution < -0.4 is 10.1 Å². The molecular formula is C24H28N4O5. The molecule has 0 spiro atoms. The maximum atomic E-state index is 12.3. The van der Waals surface area contributed by atoms with Crippen LogP contribution in [0.15, 0.2) is 42.5 Å². The number of nitrogens with zero attached hydrogens (tertiary/aromatic N) is 3. The maximum absolute atomic E-state index is 12.3. The summed E-state index contributed by atoms with van der Waals surface area (Å²) >= 11 is 0. The number of carbonyl (C=O) groups excluding carboxylic acids is 2. The number of aryl methyl sites for hydroxylation is 1. The van der Waals surface area contributed by atoms with E-state index in [1.54, 1.807) is 6.07 Å². The average Bonchev–Trinajstić information content (AvgIpc) is 3.14. The number of phenols is 1. The molecule has 2 aromatic carbocycles. The Hall–Kier alpha value is -3.88. The normalized spacial score (nSPS) is 11.3. The number of phenolic OH excluding ortho intramolecular Hbond substituents is 1. The number of aromatic nitrogens is 3. The van der Waals surface area contributed by atoms with Crippen LogP contribution in [0.25, 0.3) is 16.7 Å². The number of carbonyl (C=O) groups is 2. The Bertz CT molecular complexity index is 1220. The summed E-state index contributed by atoms with van der Waals surface area (Å²) in [6.07, 6.45) is -0.730. The minimum absolute atomic E-state index is 0.000932. The minimum atomic E-state index is -0.730. The van der Waals surface area contributed by atoms with Crippen LogP contribution in [-0.4, -0.2) is 45.3 Å². The van der Waals surface area contributed by atoms with Gasteiger partial charge in [0.05, 0.1) is 6.54 Å². The number of nitrogens with one attached hydrogen (secondary N) is 1. The van der Waals surface area contributed by atoms with E-state index in [-0.39, 0.29) is 35.9 Å². The lowest BCUT2D eigenvalue weighted by Gasteiger charge is -2.22. The van der Waals surface area contributed by atoms with Crippen LogP contribution in [0, 0.1) is 6.92 Å². The van der Waals surface area contributed by atoms with E-state index in [0.717, 1.165) is 5.56 Å². The monoisotopic (exact) mass is 452 g/mol. The van der Waals surface area contributed by atoms with Gasteiger partial charge in [-0.05, 0) is 43.0 Å². The molecule has 0 atom stereocenters. The molecule has 0 radical (unpaired) electrons. The molecular weight excluding hydrogens is 424 g/mol. The number of hydrogen-bond acceptors (Lipinski definition) is 7. The molecule has 0 bridgehead atoms. The van der Waals surface area contributed by atoms with Crippen molar-refractivity contribution in [1.29, 1.82) is 0 Å². The standard InChI is InChI=1S/C24H28N4O5/c1-14(2)22(30)32-10-9-25-23(31)33-16-12-17(24(4,5)6)21(29)20(13-16)28-26-18-8-7-15(3)11-19(18)27-28/h7-8,11-13,29H,1,9-10H2,2-6H3,(H,25,31). The third kappa shape index (κ3) is 5.68. The van der Waals surface area contributed by atoms with Gasteiger partial charge < -0.3 is 19.9 Å². The first kappa shape index (κ1) is 23.8. The summed E-state index contributed by atoms with van der Waals surface area (Å²) < 4.78 is 10.4. The van der Waals surface area contributed by atoms with Crippen molar-refractivity contribution in [2.24, 2.45) is 0 Å². The number of amides is 1. The van der Waals surface area contributed by atoms with Crippen molar-refractivity contribution in [2.75, 3.05) is 13.2 Å². The zero-order valence-electron chi connectivity index (χ0n) is 19.4. The quantitative estimate of drug-likeness (QED) is 0.331. The van der Waals surface area contributed by atoms with E-state index in [0.29, 0.717) is 16.6 Å². The highest BCUT2D eigenvalue weighted by Gasteiger charge is 2.24. The molecule has 3 rings (SSSR count). The molecule has 0 fully saturated rings. The SMILES string of the molecule is C=C(C)C(=O)OCCNC(=O)Oc1cc(-n2nc3ccc(C)cc3n2)c(O)c(C(C)(C)C)c1. The van der Waals surface area contributed by atoms with Crippen LogP contribution in [0.1, 0.15) is 38.8 Å². The maximum Gasteiger partial charge on any atom is 0.412 e. The molecule has 33 heavy (non-hydrogen) atoms. The molecule has 0 aliphatic carbocycles. The predicted octanol–water partition coefficient (Wildman–Crippen LogP) is 3.94. The van der Waals surface area contributed by atoms with E-state index < -0.39 is 17.5 Å². The largest absolute Gasteiger partial charge is 0.505 e. The first-order valence-corrected chi connectivity index (χ1v) is 10.5. The Morgan fingerprint density at radius 3 is 2.52 bits per heavy atom. The van der Waals surface area contributed by atoms with E-state index in [2.05, 4.69) is 22.1 Å². The first-order valence-electron chi connectivity index (χ1n) is 10.5. The molecule has 0 unspecified atom stereocenters. The zero-order valence-corrected chi connectivity index (χ0v) is 19.4. The molecule has 174 valence electrons. The van der Waals surface area contributed by atoms with Crippen LogP contribution in [0.2, 0.25) is 0 Å². The Morgan fingerprint density at radius 2 is 1.85 bits per heavy atom. The molecule has 1 heterocycles. The second-order valence-electron chi connectivity index (χ2n) is 8.80. The number of aromatic hydroxyl groups is 1. The van der Waals surface area contributed by atoms with Gasteiger partial charge in [-0.15, -0.1) is 15.0 Å². The Balaban J connectivity index is 1.85. The van der Waals surface area contributed by atoms with E-state index in [1.807, 2.05) is 45.9 Å². The predicted molar refractivity (Wildman–Crippen MR) is 124 cm³/mol. The fourth-order valence-corrected chi connectivity index (χ4v) is 3.07. The average molecular weight is 453 g/mol. The van der Waals surface area contributed by atoms with Gasteiger partial charge in [-0.1, -0.05) is 33.4 Å². The molecule has 0 aliphatic rings. The number of fused-ring (bicyclic) bond motifs is 1. The van der Waals surface area contributed by atoms with Crippen molar-refractivity contribution < 1.29 is 24.2 Å². The second-order valence-corrected chi connectivity index (χ2v) is 8.80. The summed E-state index contributed by atoms with van der Waals surface area (Å²) in [6, 6.07) is 8.78. The van der Waals surface area contributed by atoms with Crippen LogP contribution in [0.5, 0.6) is 11.5 Å². The summed E-state index contributed by atoms with van der Waals surface area (Å²) in [5, 5.41) is 22.4. The molecule has 9 heteroatoms. The topological polar surface area (TPSA) is 116 Å². The van der Waals surface area contributed by atoms with Crippen LogP contribution in [0.3, 0.4) is 0 Å². The van der Waals surface area contributed by atoms with Gasteiger partial charge in [-0.3, -0.25) is 0 Å². The number of esters is 1. The van der Waals surface area contributed by atoms with Crippen molar-refractivity contribution >= 4 is 23.1 Å². The van der Waals surface area contributed by atoms with Gasteiger partial charge in [0.25, 0.3) is 0 Å². The molecule has 2 N–H and O–H groups in total. The number of benzene rings is 2. The van der Waals surface area contributed by atoms with Crippen LogP contribution in [-0.2, 0) is 14.9 Å². The lowest BCUT2D eigenvalue weighted by atomic mass is 9.86. The number of ether oxygens (including phenoxy) is 2. The highest BCUT2D eigenvalue weighted by atomic mass is 16.6. The Morgan fingerprint density at radius 1 is 1.15 bits per heavy atom. The van der Waals surface area contributed by atoms with Gasteiger partial charge in [0, 0.05) is 17.2 Å². The zero-order chi connectivity index (χ0) is 24.3. The summed E-state index contributed by atoms with van der Waals surface area (Å²) in [7, 11) is 0. The van der Waals surface area contributed by atoms with E-state index in [1.165, 1.54) is 17.8 Å². The van der Waals surface area contributed by atoms with Gasteiger partial charge in [0.1, 0.15) is 34.8 Å². The molecule has 1 amide bonds. The molecule has 3 aromatic rings. The van der Waals surface area contributed by atoms with Gasteiger partial charge in [-0.2, -0.15) is 0 Å². The lowest BCUT2D eigenvalue weighted by molar-refractivity contribution is -0.138. The molecule has 0 aliphatic heterocycles. The van der Waals surface area contributed by atoms with Gasteiger partial charge in [-0.25, -0.2) is 9.59 Å². The first-order chi connectivity index (χ1) is 15.5. The van der Waals surface area contributed by atoms with Crippen molar-refractivity contribution in [3.05, 3.63) is 53.6 Å². The van der Waals surface area contributed by atoms with Crippen molar-refractivity contribution in [3.8, 4) is 17.2 Å². The third-order valence-corrected chi connectivity index (χ3v) is 4.79. The summed E-state index contributed by atoms with van der Waals surface area (Å²) in [5.41, 5.74) is 3.07. The van der Waals surface area contributed by atoms with Crippen LogP contribution in [0.4, 0.5) is 4.79 Å². The van der Waals surface area contributed by atoms with Gasteiger partial charge in [0.2, 0.25) is 0 Å². The van der Waals surface area contributed by atoms with E-state index >= 15 is 0 Å². The Labute approximate surface area is 192 Å². The van der Waals surface area contributed by atoms with Crippen molar-refractivity contribution in [2.45, 2.75) is 40.0 Å². The molecule has 0 saturated heterocycles. The van der Waals surface area contributed by atoms with Gasteiger partial charge in [0.15, 0.2) is 0 Å². The van der Waals surface area contributed by atoms with E-state index in [4.69, 9.17) is 9.47 Å². The van der Waals surface area contributed by atoms with Crippen LogP contribution >= 0.6 is 0 Å².